The molecule has 0 saturated heterocycles. The summed E-state index contributed by atoms with van der Waals surface area (Å²) >= 11 is 1.63. The topological polar surface area (TPSA) is 23.8 Å². The molecule has 0 radical (unpaired) electrons. The summed E-state index contributed by atoms with van der Waals surface area (Å²) in [5.74, 6) is 0. The highest BCUT2D eigenvalue weighted by Crippen LogP contribution is 2.25. The van der Waals surface area contributed by atoms with Crippen molar-refractivity contribution >= 4 is 11.8 Å². The lowest BCUT2D eigenvalue weighted by Crippen LogP contribution is -2.03. The van der Waals surface area contributed by atoms with Crippen molar-refractivity contribution in [2.75, 3.05) is 0 Å². The number of hydrogen-bond donors (Lipinski definition) is 0. The Bertz CT molecular complexity index is 525. The van der Waals surface area contributed by atoms with E-state index < -0.39 is 0 Å². The normalized spacial score (nSPS) is 11.8. The molecule has 0 aromatic heterocycles. The van der Waals surface area contributed by atoms with Crippen LogP contribution in [-0.4, -0.2) is 5.25 Å². The first-order valence-electron chi connectivity index (χ1n) is 5.95. The van der Waals surface area contributed by atoms with Gasteiger partial charge in [0.05, 0.1) is 6.07 Å². The molecular weight excluding hydrogens is 238 g/mol. The number of hydrogen-bond acceptors (Lipinski definition) is 2. The molecule has 18 heavy (non-hydrogen) atoms. The van der Waals surface area contributed by atoms with Gasteiger partial charge in [-0.25, -0.2) is 0 Å². The van der Waals surface area contributed by atoms with E-state index >= 15 is 0 Å². The van der Waals surface area contributed by atoms with Crippen LogP contribution in [0.5, 0.6) is 0 Å². The van der Waals surface area contributed by atoms with Crippen LogP contribution in [0.3, 0.4) is 0 Å². The molecule has 2 heteroatoms. The summed E-state index contributed by atoms with van der Waals surface area (Å²) in [5.41, 5.74) is 2.46. The standard InChI is InChI=1S/C16H15NS/c1-13-7-9-15(10-8-13)18-16(12-17)11-14-5-3-2-4-6-14/h2-10,16H,11H2,1H3. The molecule has 0 aliphatic heterocycles. The van der Waals surface area contributed by atoms with E-state index in [1.807, 2.05) is 18.2 Å². The molecule has 0 N–H and O–H groups in total. The highest BCUT2D eigenvalue weighted by Gasteiger charge is 2.10. The highest BCUT2D eigenvalue weighted by atomic mass is 32.2. The Morgan fingerprint density at radius 3 is 2.33 bits per heavy atom. The molecule has 0 spiro atoms. The van der Waals surface area contributed by atoms with Crippen LogP contribution in [0.15, 0.2) is 59.5 Å². The van der Waals surface area contributed by atoms with Crippen molar-refractivity contribution in [2.45, 2.75) is 23.5 Å². The summed E-state index contributed by atoms with van der Waals surface area (Å²) in [5, 5.41) is 9.20. The molecule has 0 aliphatic carbocycles. The second-order valence-electron chi connectivity index (χ2n) is 4.24. The number of rotatable bonds is 4. The van der Waals surface area contributed by atoms with Crippen LogP contribution in [-0.2, 0) is 6.42 Å². The van der Waals surface area contributed by atoms with Gasteiger partial charge in [0, 0.05) is 4.90 Å². The molecule has 1 nitrogen and oxygen atoms in total. The molecule has 0 amide bonds. The monoisotopic (exact) mass is 253 g/mol. The van der Waals surface area contributed by atoms with E-state index in [9.17, 15) is 5.26 Å². The van der Waals surface area contributed by atoms with E-state index in [0.29, 0.717) is 0 Å². The largest absolute Gasteiger partial charge is 0.197 e. The number of benzene rings is 2. The van der Waals surface area contributed by atoms with Crippen molar-refractivity contribution in [3.8, 4) is 6.07 Å². The molecule has 2 rings (SSSR count). The van der Waals surface area contributed by atoms with Gasteiger partial charge in [-0.3, -0.25) is 0 Å². The summed E-state index contributed by atoms with van der Waals surface area (Å²) in [4.78, 5) is 1.16. The molecule has 1 unspecified atom stereocenters. The smallest absolute Gasteiger partial charge is 0.100 e. The predicted octanol–water partition coefficient (Wildman–Crippen LogP) is 4.22. The van der Waals surface area contributed by atoms with Crippen molar-refractivity contribution in [1.29, 1.82) is 5.26 Å². The minimum atomic E-state index is -0.0323. The van der Waals surface area contributed by atoms with Crippen LogP contribution in [0.1, 0.15) is 11.1 Å². The van der Waals surface area contributed by atoms with Crippen molar-refractivity contribution in [2.24, 2.45) is 0 Å². The second-order valence-corrected chi connectivity index (χ2v) is 5.51. The fourth-order valence-corrected chi connectivity index (χ4v) is 2.67. The summed E-state index contributed by atoms with van der Waals surface area (Å²) in [6, 6.07) is 20.9. The van der Waals surface area contributed by atoms with Gasteiger partial charge in [-0.05, 0) is 31.0 Å². The molecule has 0 heterocycles. The molecular formula is C16H15NS. The van der Waals surface area contributed by atoms with Crippen LogP contribution in [0.25, 0.3) is 0 Å². The van der Waals surface area contributed by atoms with Crippen molar-refractivity contribution in [3.05, 3.63) is 65.7 Å². The number of nitriles is 1. The van der Waals surface area contributed by atoms with Crippen molar-refractivity contribution in [3.63, 3.8) is 0 Å². The van der Waals surface area contributed by atoms with Gasteiger partial charge in [-0.15, -0.1) is 11.8 Å². The highest BCUT2D eigenvalue weighted by molar-refractivity contribution is 8.00. The van der Waals surface area contributed by atoms with Gasteiger partial charge in [0.1, 0.15) is 5.25 Å². The van der Waals surface area contributed by atoms with Gasteiger partial charge in [-0.1, -0.05) is 48.0 Å². The van der Waals surface area contributed by atoms with Gasteiger partial charge in [-0.2, -0.15) is 5.26 Å². The van der Waals surface area contributed by atoms with Gasteiger partial charge >= 0.3 is 0 Å². The lowest BCUT2D eigenvalue weighted by atomic mass is 10.1. The second kappa shape index (κ2) is 6.28. The fourth-order valence-electron chi connectivity index (χ4n) is 1.72. The van der Waals surface area contributed by atoms with E-state index in [1.165, 1.54) is 11.1 Å². The van der Waals surface area contributed by atoms with E-state index in [4.69, 9.17) is 0 Å². The molecule has 2 aromatic rings. The number of aryl methyl sites for hydroxylation is 1. The summed E-state index contributed by atoms with van der Waals surface area (Å²) in [6.45, 7) is 2.07. The molecule has 0 fully saturated rings. The van der Waals surface area contributed by atoms with Crippen LogP contribution in [0.2, 0.25) is 0 Å². The van der Waals surface area contributed by atoms with Crippen LogP contribution in [0, 0.1) is 18.3 Å². The third-order valence-electron chi connectivity index (χ3n) is 2.71. The van der Waals surface area contributed by atoms with E-state index in [0.717, 1.165) is 11.3 Å². The SMILES string of the molecule is Cc1ccc(SC(C#N)Cc2ccccc2)cc1. The average molecular weight is 253 g/mol. The molecule has 0 aliphatic rings. The van der Waals surface area contributed by atoms with Crippen molar-refractivity contribution in [1.82, 2.24) is 0 Å². The zero-order valence-corrected chi connectivity index (χ0v) is 11.2. The van der Waals surface area contributed by atoms with Gasteiger partial charge in [0.15, 0.2) is 0 Å². The first kappa shape index (κ1) is 12.7. The molecule has 90 valence electrons. The van der Waals surface area contributed by atoms with Gasteiger partial charge < -0.3 is 0 Å². The Morgan fingerprint density at radius 1 is 1.06 bits per heavy atom. The predicted molar refractivity (Wildman–Crippen MR) is 76.6 cm³/mol. The lowest BCUT2D eigenvalue weighted by Gasteiger charge is -2.09. The first-order valence-corrected chi connectivity index (χ1v) is 6.83. The first-order chi connectivity index (χ1) is 8.78. The maximum absolute atomic E-state index is 9.23. The average Bonchev–Trinajstić information content (AvgIpc) is 2.41. The zero-order valence-electron chi connectivity index (χ0n) is 10.3. The van der Waals surface area contributed by atoms with E-state index in [1.54, 1.807) is 11.8 Å². The van der Waals surface area contributed by atoms with E-state index in [2.05, 4.69) is 49.4 Å². The van der Waals surface area contributed by atoms with E-state index in [-0.39, 0.29) is 5.25 Å². The summed E-state index contributed by atoms with van der Waals surface area (Å²) in [7, 11) is 0. The Labute approximate surface area is 112 Å². The third kappa shape index (κ3) is 3.65. The minimum absolute atomic E-state index is 0.0323. The molecule has 1 atom stereocenters. The zero-order chi connectivity index (χ0) is 12.8. The third-order valence-corrected chi connectivity index (χ3v) is 3.81. The molecule has 2 aromatic carbocycles. The Balaban J connectivity index is 2.02. The number of thioether (sulfide) groups is 1. The minimum Gasteiger partial charge on any atom is -0.197 e. The van der Waals surface area contributed by atoms with Gasteiger partial charge in [0.2, 0.25) is 0 Å². The molecule has 0 saturated carbocycles. The Morgan fingerprint density at radius 2 is 1.72 bits per heavy atom. The number of nitrogens with zero attached hydrogens (tertiary/aromatic N) is 1. The van der Waals surface area contributed by atoms with Crippen molar-refractivity contribution < 1.29 is 0 Å². The van der Waals surface area contributed by atoms with Crippen LogP contribution < -0.4 is 0 Å². The lowest BCUT2D eigenvalue weighted by molar-refractivity contribution is 1.03. The van der Waals surface area contributed by atoms with Gasteiger partial charge in [0.25, 0.3) is 0 Å². The maximum atomic E-state index is 9.23. The van der Waals surface area contributed by atoms with Crippen LogP contribution in [0.4, 0.5) is 0 Å². The molecule has 0 bridgehead atoms. The quantitative estimate of drug-likeness (QED) is 0.762. The Kier molecular flexibility index (Phi) is 4.44. The maximum Gasteiger partial charge on any atom is 0.100 e. The summed E-state index contributed by atoms with van der Waals surface area (Å²) < 4.78 is 0. The van der Waals surface area contributed by atoms with Crippen LogP contribution >= 0.6 is 11.8 Å². The Hall–Kier alpha value is -1.72. The fraction of sp³-hybridized carbons (Fsp3) is 0.188. The summed E-state index contributed by atoms with van der Waals surface area (Å²) in [6.07, 6.45) is 0.788.